The average molecular weight is 326 g/mol. The van der Waals surface area contributed by atoms with E-state index in [1.807, 2.05) is 7.05 Å². The molecule has 1 N–H and O–H groups in total. The topological polar surface area (TPSA) is 18.5 Å². The molecule has 0 aliphatic carbocycles. The molecule has 1 aliphatic rings. The molecule has 0 spiro atoms. The number of likely N-dealkylation sites (N-methyl/N-ethyl adjacent to an activating group) is 2. The van der Waals surface area contributed by atoms with Gasteiger partial charge >= 0.3 is 0 Å². The van der Waals surface area contributed by atoms with E-state index in [0.29, 0.717) is 12.0 Å². The first-order valence-electron chi connectivity index (χ1n) is 6.96. The summed E-state index contributed by atoms with van der Waals surface area (Å²) in [7, 11) is 4.27. The molecule has 1 heterocycles. The third-order valence-corrected chi connectivity index (χ3v) is 4.49. The maximum Gasteiger partial charge on any atom is 0.0511 e. The van der Waals surface area contributed by atoms with Crippen LogP contribution in [0.1, 0.15) is 6.92 Å². The van der Waals surface area contributed by atoms with E-state index in [2.05, 4.69) is 69.3 Å². The van der Waals surface area contributed by atoms with Crippen LogP contribution >= 0.6 is 15.9 Å². The van der Waals surface area contributed by atoms with Crippen molar-refractivity contribution in [2.75, 3.05) is 45.2 Å². The van der Waals surface area contributed by atoms with Crippen LogP contribution in [-0.2, 0) is 0 Å². The van der Waals surface area contributed by atoms with Gasteiger partial charge in [-0.3, -0.25) is 0 Å². The predicted octanol–water partition coefficient (Wildman–Crippen LogP) is 2.43. The third kappa shape index (κ3) is 3.71. The Morgan fingerprint density at radius 3 is 2.68 bits per heavy atom. The smallest absolute Gasteiger partial charge is 0.0511 e. The normalized spacial score (nSPS) is 25.4. The number of nitrogens with zero attached hydrogens (tertiary/aromatic N) is 2. The molecule has 1 fully saturated rings. The SMILES string of the molecule is CNCC1CN(c2ccccc2Br)CC(C)CN1C. The van der Waals surface area contributed by atoms with E-state index in [1.165, 1.54) is 10.2 Å². The molecule has 0 saturated carbocycles. The summed E-state index contributed by atoms with van der Waals surface area (Å²) in [5.74, 6) is 0.680. The zero-order valence-electron chi connectivity index (χ0n) is 12.1. The van der Waals surface area contributed by atoms with E-state index in [4.69, 9.17) is 0 Å². The summed E-state index contributed by atoms with van der Waals surface area (Å²) in [6, 6.07) is 9.08. The van der Waals surface area contributed by atoms with Gasteiger partial charge in [0.2, 0.25) is 0 Å². The van der Waals surface area contributed by atoms with Crippen molar-refractivity contribution in [2.24, 2.45) is 5.92 Å². The highest BCUT2D eigenvalue weighted by Gasteiger charge is 2.26. The Kier molecular flexibility index (Phi) is 5.25. The summed E-state index contributed by atoms with van der Waals surface area (Å²) >= 11 is 3.68. The summed E-state index contributed by atoms with van der Waals surface area (Å²) in [5.41, 5.74) is 1.31. The van der Waals surface area contributed by atoms with Gasteiger partial charge in [0, 0.05) is 36.7 Å². The number of anilines is 1. The van der Waals surface area contributed by atoms with E-state index >= 15 is 0 Å². The van der Waals surface area contributed by atoms with Gasteiger partial charge in [0.25, 0.3) is 0 Å². The molecule has 1 aromatic rings. The molecule has 2 atom stereocenters. The summed E-state index contributed by atoms with van der Waals surface area (Å²) < 4.78 is 1.19. The van der Waals surface area contributed by atoms with Crippen LogP contribution in [0.2, 0.25) is 0 Å². The van der Waals surface area contributed by atoms with Gasteiger partial charge in [0.15, 0.2) is 0 Å². The summed E-state index contributed by atoms with van der Waals surface area (Å²) in [6.07, 6.45) is 0. The first-order chi connectivity index (χ1) is 9.11. The highest BCUT2D eigenvalue weighted by Crippen LogP contribution is 2.28. The van der Waals surface area contributed by atoms with Crippen molar-refractivity contribution in [3.05, 3.63) is 28.7 Å². The molecule has 1 aliphatic heterocycles. The van der Waals surface area contributed by atoms with E-state index in [-0.39, 0.29) is 0 Å². The van der Waals surface area contributed by atoms with Crippen LogP contribution in [-0.4, -0.2) is 51.2 Å². The Hall–Kier alpha value is -0.580. The third-order valence-electron chi connectivity index (χ3n) is 3.82. The van der Waals surface area contributed by atoms with E-state index in [1.54, 1.807) is 0 Å². The molecule has 2 rings (SSSR count). The van der Waals surface area contributed by atoms with Crippen molar-refractivity contribution in [2.45, 2.75) is 13.0 Å². The van der Waals surface area contributed by atoms with Gasteiger partial charge in [-0.05, 0) is 48.1 Å². The number of benzene rings is 1. The molecule has 1 saturated heterocycles. The molecule has 0 amide bonds. The van der Waals surface area contributed by atoms with Crippen molar-refractivity contribution in [3.63, 3.8) is 0 Å². The minimum absolute atomic E-state index is 0.557. The second kappa shape index (κ2) is 6.73. The lowest BCUT2D eigenvalue weighted by molar-refractivity contribution is 0.236. The maximum atomic E-state index is 3.68. The lowest BCUT2D eigenvalue weighted by Gasteiger charge is -2.30. The van der Waals surface area contributed by atoms with Crippen LogP contribution < -0.4 is 10.2 Å². The Morgan fingerprint density at radius 1 is 1.26 bits per heavy atom. The number of rotatable bonds is 3. The number of hydrogen-bond acceptors (Lipinski definition) is 3. The van der Waals surface area contributed by atoms with Crippen molar-refractivity contribution < 1.29 is 0 Å². The number of nitrogens with one attached hydrogen (secondary N) is 1. The monoisotopic (exact) mass is 325 g/mol. The van der Waals surface area contributed by atoms with Crippen molar-refractivity contribution in [1.82, 2.24) is 10.2 Å². The van der Waals surface area contributed by atoms with Crippen LogP contribution in [0, 0.1) is 5.92 Å². The number of halogens is 1. The van der Waals surface area contributed by atoms with Gasteiger partial charge in [0.05, 0.1) is 5.69 Å². The lowest BCUT2D eigenvalue weighted by Crippen LogP contribution is -2.44. The number of hydrogen-bond donors (Lipinski definition) is 1. The minimum Gasteiger partial charge on any atom is -0.369 e. The standard InChI is InChI=1S/C15H24BrN3/c1-12-9-18(3)13(8-17-2)11-19(10-12)15-7-5-4-6-14(15)16/h4-7,12-13,17H,8-11H2,1-3H3. The fraction of sp³-hybridized carbons (Fsp3) is 0.600. The predicted molar refractivity (Wildman–Crippen MR) is 85.9 cm³/mol. The first-order valence-corrected chi connectivity index (χ1v) is 7.75. The van der Waals surface area contributed by atoms with E-state index in [9.17, 15) is 0 Å². The fourth-order valence-corrected chi connectivity index (χ4v) is 3.44. The molecule has 2 unspecified atom stereocenters. The Balaban J connectivity index is 2.21. The summed E-state index contributed by atoms with van der Waals surface area (Å²) in [5, 5.41) is 3.32. The zero-order chi connectivity index (χ0) is 13.8. The Morgan fingerprint density at radius 2 is 2.00 bits per heavy atom. The maximum absolute atomic E-state index is 3.68. The van der Waals surface area contributed by atoms with Crippen LogP contribution in [0.3, 0.4) is 0 Å². The zero-order valence-corrected chi connectivity index (χ0v) is 13.7. The lowest BCUT2D eigenvalue weighted by atomic mass is 10.1. The van der Waals surface area contributed by atoms with Crippen LogP contribution in [0.25, 0.3) is 0 Å². The van der Waals surface area contributed by atoms with Gasteiger partial charge in [0.1, 0.15) is 0 Å². The number of para-hydroxylation sites is 1. The van der Waals surface area contributed by atoms with Crippen LogP contribution in [0.4, 0.5) is 5.69 Å². The average Bonchev–Trinajstić information content (AvgIpc) is 2.50. The second-order valence-electron chi connectivity index (χ2n) is 5.61. The quantitative estimate of drug-likeness (QED) is 0.920. The van der Waals surface area contributed by atoms with Crippen molar-refractivity contribution in [1.29, 1.82) is 0 Å². The van der Waals surface area contributed by atoms with E-state index in [0.717, 1.165) is 26.2 Å². The molecular weight excluding hydrogens is 302 g/mol. The molecule has 4 heteroatoms. The molecule has 19 heavy (non-hydrogen) atoms. The van der Waals surface area contributed by atoms with Crippen molar-refractivity contribution >= 4 is 21.6 Å². The largest absolute Gasteiger partial charge is 0.369 e. The molecule has 1 aromatic carbocycles. The fourth-order valence-electron chi connectivity index (χ4n) is 2.90. The molecule has 106 valence electrons. The van der Waals surface area contributed by atoms with Gasteiger partial charge in [-0.15, -0.1) is 0 Å². The van der Waals surface area contributed by atoms with Gasteiger partial charge in [-0.1, -0.05) is 19.1 Å². The highest BCUT2D eigenvalue weighted by molar-refractivity contribution is 9.10. The first kappa shape index (κ1) is 14.8. The Labute approximate surface area is 125 Å². The molecule has 0 bridgehead atoms. The molecule has 0 aromatic heterocycles. The van der Waals surface area contributed by atoms with Gasteiger partial charge < -0.3 is 15.1 Å². The summed E-state index contributed by atoms with van der Waals surface area (Å²) in [4.78, 5) is 5.00. The Bertz CT molecular complexity index is 410. The summed E-state index contributed by atoms with van der Waals surface area (Å²) in [6.45, 7) is 6.72. The van der Waals surface area contributed by atoms with Crippen molar-refractivity contribution in [3.8, 4) is 0 Å². The molecule has 0 radical (unpaired) electrons. The second-order valence-corrected chi connectivity index (χ2v) is 6.47. The molecular formula is C15H24BrN3. The van der Waals surface area contributed by atoms with Gasteiger partial charge in [-0.2, -0.15) is 0 Å². The minimum atomic E-state index is 0.557. The highest BCUT2D eigenvalue weighted by atomic mass is 79.9. The van der Waals surface area contributed by atoms with Gasteiger partial charge in [-0.25, -0.2) is 0 Å². The van der Waals surface area contributed by atoms with E-state index < -0.39 is 0 Å². The van der Waals surface area contributed by atoms with Crippen LogP contribution in [0.15, 0.2) is 28.7 Å². The van der Waals surface area contributed by atoms with Crippen LogP contribution in [0.5, 0.6) is 0 Å². The molecule has 3 nitrogen and oxygen atoms in total.